The van der Waals surface area contributed by atoms with Crippen molar-refractivity contribution in [1.82, 2.24) is 15.5 Å². The van der Waals surface area contributed by atoms with Crippen molar-refractivity contribution in [2.24, 2.45) is 0 Å². The molecule has 1 atom stereocenters. The third-order valence-electron chi connectivity index (χ3n) is 5.72. The van der Waals surface area contributed by atoms with Crippen molar-refractivity contribution in [1.29, 1.82) is 0 Å². The Morgan fingerprint density at radius 1 is 1.00 bits per heavy atom. The highest BCUT2D eigenvalue weighted by molar-refractivity contribution is 7.18. The van der Waals surface area contributed by atoms with Crippen LogP contribution in [0, 0.1) is 0 Å². The molecule has 0 saturated carbocycles. The maximum Gasteiger partial charge on any atom is 0.249 e. The Hall–Kier alpha value is -3.46. The third kappa shape index (κ3) is 7.02. The number of unbranched alkanes of at least 4 members (excludes halogenated alkanes) is 4. The molecule has 1 aromatic heterocycles. The molecule has 0 spiro atoms. The molecule has 0 saturated heterocycles. The zero-order valence-electron chi connectivity index (χ0n) is 19.8. The van der Waals surface area contributed by atoms with E-state index >= 15 is 0 Å². The third-order valence-corrected chi connectivity index (χ3v) is 6.60. The minimum atomic E-state index is -0.710. The molecule has 184 valence electrons. The monoisotopic (exact) mass is 494 g/mol. The van der Waals surface area contributed by atoms with Gasteiger partial charge in [0.1, 0.15) is 11.0 Å². The van der Waals surface area contributed by atoms with Gasteiger partial charge in [-0.25, -0.2) is 0 Å². The van der Waals surface area contributed by atoms with E-state index in [-0.39, 0.29) is 18.6 Å². The summed E-state index contributed by atoms with van der Waals surface area (Å²) in [5.41, 5.74) is 1.79. The number of fused-ring (bicyclic) bond motifs is 1. The lowest BCUT2D eigenvalue weighted by Crippen LogP contribution is -2.45. The predicted octanol–water partition coefficient (Wildman–Crippen LogP) is 4.96. The summed E-state index contributed by atoms with van der Waals surface area (Å²) >= 11 is 1.26. The topological polar surface area (TPSA) is 102 Å². The Kier molecular flexibility index (Phi) is 8.67. The van der Waals surface area contributed by atoms with Crippen LogP contribution in [0.25, 0.3) is 10.6 Å². The molecule has 3 aromatic rings. The van der Waals surface area contributed by atoms with E-state index in [1.165, 1.54) is 17.8 Å². The number of benzene rings is 2. The van der Waals surface area contributed by atoms with Crippen molar-refractivity contribution in [3.8, 4) is 22.1 Å². The lowest BCUT2D eigenvalue weighted by molar-refractivity contribution is -0.126. The van der Waals surface area contributed by atoms with Gasteiger partial charge in [-0.1, -0.05) is 74.3 Å². The van der Waals surface area contributed by atoms with Gasteiger partial charge < -0.3 is 14.8 Å². The van der Waals surface area contributed by atoms with Crippen LogP contribution in [0.15, 0.2) is 48.5 Å². The highest BCUT2D eigenvalue weighted by Gasteiger charge is 2.23. The Morgan fingerprint density at radius 2 is 1.80 bits per heavy atom. The number of hydrogen-bond acceptors (Lipinski definition) is 7. The van der Waals surface area contributed by atoms with Crippen LogP contribution in [-0.2, 0) is 16.0 Å². The number of nitrogens with one attached hydrogen (secondary N) is 2. The van der Waals surface area contributed by atoms with E-state index in [1.54, 1.807) is 0 Å². The maximum absolute atomic E-state index is 13.1. The molecular formula is C26H30N4O4S. The molecule has 8 nitrogen and oxygen atoms in total. The standard InChI is InChI=1S/C26H30N4O4S/c1-2-3-4-5-9-12-23(31)27-20(15-18-10-7-6-8-11-18)24(32)28-26-30-29-25(35-26)19-13-14-21-22(16-19)34-17-33-21/h6-8,10-11,13-14,16,20H,2-5,9,12,15,17H2,1H3,(H,27,31)(H,28,30,32). The van der Waals surface area contributed by atoms with Crippen molar-refractivity contribution < 1.29 is 19.1 Å². The molecule has 0 aliphatic carbocycles. The minimum absolute atomic E-state index is 0.115. The van der Waals surface area contributed by atoms with Crippen molar-refractivity contribution in [2.75, 3.05) is 12.1 Å². The first-order valence-corrected chi connectivity index (χ1v) is 12.8. The smallest absolute Gasteiger partial charge is 0.249 e. The fourth-order valence-electron chi connectivity index (χ4n) is 3.83. The van der Waals surface area contributed by atoms with Crippen LogP contribution < -0.4 is 20.1 Å². The number of anilines is 1. The largest absolute Gasteiger partial charge is 0.454 e. The van der Waals surface area contributed by atoms with Crippen molar-refractivity contribution >= 4 is 28.3 Å². The van der Waals surface area contributed by atoms with E-state index in [2.05, 4.69) is 27.8 Å². The number of carbonyl (C=O) groups is 2. The van der Waals surface area contributed by atoms with E-state index in [0.717, 1.165) is 36.8 Å². The second kappa shape index (κ2) is 12.3. The highest BCUT2D eigenvalue weighted by Crippen LogP contribution is 2.37. The summed E-state index contributed by atoms with van der Waals surface area (Å²) in [7, 11) is 0. The lowest BCUT2D eigenvalue weighted by Gasteiger charge is -2.18. The summed E-state index contributed by atoms with van der Waals surface area (Å²) in [5.74, 6) is 0.915. The summed E-state index contributed by atoms with van der Waals surface area (Å²) in [6.07, 6.45) is 6.10. The van der Waals surface area contributed by atoms with E-state index in [1.807, 2.05) is 48.5 Å². The second-order valence-corrected chi connectivity index (χ2v) is 9.42. The molecule has 2 N–H and O–H groups in total. The van der Waals surface area contributed by atoms with E-state index in [4.69, 9.17) is 9.47 Å². The number of amides is 2. The molecule has 1 unspecified atom stereocenters. The van der Waals surface area contributed by atoms with Gasteiger partial charge in [0.25, 0.3) is 0 Å². The van der Waals surface area contributed by atoms with Crippen LogP contribution in [0.5, 0.6) is 11.5 Å². The Morgan fingerprint density at radius 3 is 2.63 bits per heavy atom. The van der Waals surface area contributed by atoms with Gasteiger partial charge in [-0.2, -0.15) is 0 Å². The number of carbonyl (C=O) groups excluding carboxylic acids is 2. The molecule has 4 rings (SSSR count). The number of rotatable bonds is 12. The molecule has 0 radical (unpaired) electrons. The summed E-state index contributed by atoms with van der Waals surface area (Å²) in [6.45, 7) is 2.36. The van der Waals surface area contributed by atoms with Crippen molar-refractivity contribution in [3.63, 3.8) is 0 Å². The molecular weight excluding hydrogens is 464 g/mol. The first kappa shape index (κ1) is 24.7. The number of aromatic nitrogens is 2. The quantitative estimate of drug-likeness (QED) is 0.345. The first-order valence-electron chi connectivity index (χ1n) is 12.0. The molecule has 0 bridgehead atoms. The molecule has 2 amide bonds. The van der Waals surface area contributed by atoms with Crippen molar-refractivity contribution in [2.45, 2.75) is 57.9 Å². The highest BCUT2D eigenvalue weighted by atomic mass is 32.1. The van der Waals surface area contributed by atoms with Gasteiger partial charge in [0.15, 0.2) is 11.5 Å². The van der Waals surface area contributed by atoms with Crippen LogP contribution >= 0.6 is 11.3 Å². The lowest BCUT2D eigenvalue weighted by atomic mass is 10.0. The summed E-state index contributed by atoms with van der Waals surface area (Å²) in [4.78, 5) is 25.7. The van der Waals surface area contributed by atoms with Crippen LogP contribution in [0.3, 0.4) is 0 Å². The van der Waals surface area contributed by atoms with Gasteiger partial charge in [0.2, 0.25) is 23.7 Å². The van der Waals surface area contributed by atoms with Crippen LogP contribution in [0.1, 0.15) is 51.0 Å². The average Bonchev–Trinajstić information content (AvgIpc) is 3.53. The molecule has 35 heavy (non-hydrogen) atoms. The first-order chi connectivity index (χ1) is 17.1. The Balaban J connectivity index is 1.39. The van der Waals surface area contributed by atoms with Gasteiger partial charge in [0.05, 0.1) is 0 Å². The number of ether oxygens (including phenoxy) is 2. The maximum atomic E-state index is 13.1. The summed E-state index contributed by atoms with van der Waals surface area (Å²) < 4.78 is 10.8. The summed E-state index contributed by atoms with van der Waals surface area (Å²) in [5, 5.41) is 15.1. The van der Waals surface area contributed by atoms with Gasteiger partial charge in [0, 0.05) is 18.4 Å². The van der Waals surface area contributed by atoms with E-state index in [9.17, 15) is 9.59 Å². The molecule has 2 aromatic carbocycles. The van der Waals surface area contributed by atoms with E-state index < -0.39 is 6.04 Å². The zero-order chi connectivity index (χ0) is 24.5. The normalized spacial score (nSPS) is 12.8. The van der Waals surface area contributed by atoms with Gasteiger partial charge in [-0.3, -0.25) is 14.9 Å². The van der Waals surface area contributed by atoms with Crippen LogP contribution in [0.4, 0.5) is 5.13 Å². The van der Waals surface area contributed by atoms with Gasteiger partial charge >= 0.3 is 0 Å². The average molecular weight is 495 g/mol. The Labute approximate surface area is 209 Å². The van der Waals surface area contributed by atoms with E-state index in [0.29, 0.717) is 34.5 Å². The molecule has 0 fully saturated rings. The fourth-order valence-corrected chi connectivity index (χ4v) is 4.57. The van der Waals surface area contributed by atoms with Crippen LogP contribution in [0.2, 0.25) is 0 Å². The fraction of sp³-hybridized carbons (Fsp3) is 0.385. The molecule has 9 heteroatoms. The second-order valence-electron chi connectivity index (χ2n) is 8.44. The Bertz CT molecular complexity index is 1140. The number of hydrogen-bond donors (Lipinski definition) is 2. The van der Waals surface area contributed by atoms with Crippen molar-refractivity contribution in [3.05, 3.63) is 54.1 Å². The van der Waals surface area contributed by atoms with Gasteiger partial charge in [-0.05, 0) is 30.2 Å². The predicted molar refractivity (Wildman–Crippen MR) is 136 cm³/mol. The summed E-state index contributed by atoms with van der Waals surface area (Å²) in [6, 6.07) is 14.5. The molecule has 1 aliphatic heterocycles. The van der Waals surface area contributed by atoms with Crippen LogP contribution in [-0.4, -0.2) is 34.8 Å². The number of nitrogens with zero attached hydrogens (tertiary/aromatic N) is 2. The minimum Gasteiger partial charge on any atom is -0.454 e. The zero-order valence-corrected chi connectivity index (χ0v) is 20.6. The molecule has 2 heterocycles. The SMILES string of the molecule is CCCCCCCC(=O)NC(Cc1ccccc1)C(=O)Nc1nnc(-c2ccc3c(c2)OCO3)s1. The molecule has 1 aliphatic rings. The van der Waals surface area contributed by atoms with Gasteiger partial charge in [-0.15, -0.1) is 10.2 Å².